The quantitative estimate of drug-likeness (QED) is 0.456. The van der Waals surface area contributed by atoms with Gasteiger partial charge in [-0.25, -0.2) is 4.39 Å². The van der Waals surface area contributed by atoms with Crippen molar-refractivity contribution in [3.8, 4) is 16.9 Å². The Balaban J connectivity index is 1.30. The summed E-state index contributed by atoms with van der Waals surface area (Å²) in [5, 5.41) is 9.53. The fraction of sp³-hybridized carbons (Fsp3) is 0.360. The van der Waals surface area contributed by atoms with Crippen molar-refractivity contribution in [1.29, 1.82) is 0 Å². The van der Waals surface area contributed by atoms with E-state index < -0.39 is 18.6 Å². The fourth-order valence-corrected chi connectivity index (χ4v) is 3.98. The van der Waals surface area contributed by atoms with E-state index in [2.05, 4.69) is 20.1 Å². The highest BCUT2D eigenvalue weighted by atomic mass is 19.4. The average molecular weight is 519 g/mol. The highest BCUT2D eigenvalue weighted by molar-refractivity contribution is 5.92. The number of nitrogens with one attached hydrogen (secondary N) is 1. The zero-order valence-electron chi connectivity index (χ0n) is 20.1. The van der Waals surface area contributed by atoms with Gasteiger partial charge in [0.15, 0.2) is 11.5 Å². The molecule has 0 radical (unpaired) electrons. The molecule has 3 heterocycles. The van der Waals surface area contributed by atoms with Gasteiger partial charge in [-0.05, 0) is 36.8 Å². The highest BCUT2D eigenvalue weighted by Crippen LogP contribution is 2.26. The molecular weight excluding hydrogens is 492 g/mol. The lowest BCUT2D eigenvalue weighted by Crippen LogP contribution is -2.46. The summed E-state index contributed by atoms with van der Waals surface area (Å²) >= 11 is 0. The molecule has 1 aliphatic heterocycles. The first-order valence-electron chi connectivity index (χ1n) is 11.7. The minimum Gasteiger partial charge on any atom is -0.492 e. The van der Waals surface area contributed by atoms with Crippen LogP contribution in [0.25, 0.3) is 11.1 Å². The zero-order chi connectivity index (χ0) is 26.4. The van der Waals surface area contributed by atoms with Gasteiger partial charge in [-0.1, -0.05) is 12.1 Å². The van der Waals surface area contributed by atoms with Crippen molar-refractivity contribution in [3.63, 3.8) is 0 Å². The molecule has 1 aromatic carbocycles. The standard InChI is InChI=1S/C25H26F4N6O2/c1-2-37-19-12-18(13-30-14-19)20-4-3-17(11-21(20)26)15-34-7-9-35(10-8-34)23-6-5-22(32-33-23)24(36)31-16-25(27,28)29/h3-6,11-14H,2,7-10,15-16H2,1H3,(H,31,36). The highest BCUT2D eigenvalue weighted by Gasteiger charge is 2.28. The number of aromatic nitrogens is 3. The molecule has 0 aliphatic carbocycles. The van der Waals surface area contributed by atoms with Crippen LogP contribution in [0.5, 0.6) is 5.75 Å². The number of piperazine rings is 1. The fourth-order valence-electron chi connectivity index (χ4n) is 3.98. The number of anilines is 1. The van der Waals surface area contributed by atoms with Crippen molar-refractivity contribution in [1.82, 2.24) is 25.4 Å². The second-order valence-electron chi connectivity index (χ2n) is 8.49. The lowest BCUT2D eigenvalue weighted by molar-refractivity contribution is -0.123. The Morgan fingerprint density at radius 1 is 1.05 bits per heavy atom. The van der Waals surface area contributed by atoms with Crippen molar-refractivity contribution >= 4 is 11.7 Å². The van der Waals surface area contributed by atoms with Crippen molar-refractivity contribution in [2.45, 2.75) is 19.6 Å². The first kappa shape index (κ1) is 26.3. The summed E-state index contributed by atoms with van der Waals surface area (Å²) in [5.41, 5.74) is 1.76. The van der Waals surface area contributed by atoms with Gasteiger partial charge in [0.1, 0.15) is 18.1 Å². The van der Waals surface area contributed by atoms with Gasteiger partial charge in [-0.3, -0.25) is 14.7 Å². The minimum absolute atomic E-state index is 0.183. The van der Waals surface area contributed by atoms with Crippen LogP contribution < -0.4 is 15.0 Å². The predicted octanol–water partition coefficient (Wildman–Crippen LogP) is 3.69. The van der Waals surface area contributed by atoms with Gasteiger partial charge in [-0.2, -0.15) is 13.2 Å². The van der Waals surface area contributed by atoms with Gasteiger partial charge in [0, 0.05) is 50.0 Å². The maximum Gasteiger partial charge on any atom is 0.405 e. The number of ether oxygens (including phenoxy) is 1. The number of benzene rings is 1. The van der Waals surface area contributed by atoms with Crippen molar-refractivity contribution in [3.05, 3.63) is 65.9 Å². The largest absolute Gasteiger partial charge is 0.492 e. The SMILES string of the molecule is CCOc1cncc(-c2ccc(CN3CCN(c4ccc(C(=O)NCC(F)(F)F)nn4)CC3)cc2F)c1. The molecule has 1 N–H and O–H groups in total. The Hall–Kier alpha value is -3.80. The summed E-state index contributed by atoms with van der Waals surface area (Å²) in [6, 6.07) is 9.85. The Morgan fingerprint density at radius 3 is 2.49 bits per heavy atom. The summed E-state index contributed by atoms with van der Waals surface area (Å²) in [6.45, 7) is 4.17. The second kappa shape index (κ2) is 11.5. The van der Waals surface area contributed by atoms with Crippen molar-refractivity contribution in [2.75, 3.05) is 44.2 Å². The van der Waals surface area contributed by atoms with E-state index in [1.807, 2.05) is 17.9 Å². The molecule has 1 saturated heterocycles. The molecule has 0 atom stereocenters. The lowest BCUT2D eigenvalue weighted by Gasteiger charge is -2.35. The number of amides is 1. The number of alkyl halides is 3. The van der Waals surface area contributed by atoms with Crippen LogP contribution in [0.4, 0.5) is 23.4 Å². The number of carbonyl (C=O) groups excluding carboxylic acids is 1. The lowest BCUT2D eigenvalue weighted by atomic mass is 10.0. The third-order valence-corrected chi connectivity index (χ3v) is 5.80. The molecule has 196 valence electrons. The third kappa shape index (κ3) is 7.13. The van der Waals surface area contributed by atoms with E-state index in [0.29, 0.717) is 62.0 Å². The number of hydrogen-bond donors (Lipinski definition) is 1. The molecule has 0 saturated carbocycles. The monoisotopic (exact) mass is 518 g/mol. The van der Waals surface area contributed by atoms with E-state index in [1.165, 1.54) is 12.1 Å². The number of carbonyl (C=O) groups is 1. The summed E-state index contributed by atoms with van der Waals surface area (Å²) in [7, 11) is 0. The Kier molecular flexibility index (Phi) is 8.17. The maximum absolute atomic E-state index is 14.9. The molecule has 1 aliphatic rings. The summed E-state index contributed by atoms with van der Waals surface area (Å²) < 4.78 is 57.1. The van der Waals surface area contributed by atoms with Crippen LogP contribution in [0, 0.1) is 5.82 Å². The van der Waals surface area contributed by atoms with E-state index in [4.69, 9.17) is 4.74 Å². The number of rotatable bonds is 8. The van der Waals surface area contributed by atoms with Gasteiger partial charge in [0.2, 0.25) is 0 Å². The van der Waals surface area contributed by atoms with Crippen LogP contribution in [-0.2, 0) is 6.54 Å². The molecule has 1 fully saturated rings. The molecule has 0 spiro atoms. The Labute approximate surface area is 211 Å². The van der Waals surface area contributed by atoms with Crippen LogP contribution in [0.1, 0.15) is 23.0 Å². The number of pyridine rings is 1. The normalized spacial score (nSPS) is 14.5. The van der Waals surface area contributed by atoms with Crippen LogP contribution in [0.15, 0.2) is 48.8 Å². The van der Waals surface area contributed by atoms with E-state index >= 15 is 0 Å². The minimum atomic E-state index is -4.50. The second-order valence-corrected chi connectivity index (χ2v) is 8.49. The van der Waals surface area contributed by atoms with E-state index in [-0.39, 0.29) is 11.5 Å². The third-order valence-electron chi connectivity index (χ3n) is 5.80. The van der Waals surface area contributed by atoms with Gasteiger partial charge < -0.3 is 15.0 Å². The molecule has 1 amide bonds. The summed E-state index contributed by atoms with van der Waals surface area (Å²) in [4.78, 5) is 20.1. The first-order valence-corrected chi connectivity index (χ1v) is 11.7. The molecule has 2 aromatic heterocycles. The maximum atomic E-state index is 14.9. The van der Waals surface area contributed by atoms with E-state index in [0.717, 1.165) is 5.56 Å². The number of nitrogens with zero attached hydrogens (tertiary/aromatic N) is 5. The van der Waals surface area contributed by atoms with Gasteiger partial charge in [-0.15, -0.1) is 10.2 Å². The molecule has 37 heavy (non-hydrogen) atoms. The van der Waals surface area contributed by atoms with Gasteiger partial charge >= 0.3 is 6.18 Å². The summed E-state index contributed by atoms with van der Waals surface area (Å²) in [5.74, 6) is -0.144. The van der Waals surface area contributed by atoms with Crippen LogP contribution >= 0.6 is 0 Å². The number of hydrogen-bond acceptors (Lipinski definition) is 7. The molecular formula is C25H26F4N6O2. The smallest absolute Gasteiger partial charge is 0.405 e. The van der Waals surface area contributed by atoms with Crippen LogP contribution in [0.3, 0.4) is 0 Å². The van der Waals surface area contributed by atoms with E-state index in [9.17, 15) is 22.4 Å². The molecule has 8 nitrogen and oxygen atoms in total. The van der Waals surface area contributed by atoms with Crippen LogP contribution in [-0.4, -0.2) is 71.5 Å². The van der Waals surface area contributed by atoms with Gasteiger partial charge in [0.25, 0.3) is 5.91 Å². The molecule has 12 heteroatoms. The van der Waals surface area contributed by atoms with E-state index in [1.54, 1.807) is 35.9 Å². The van der Waals surface area contributed by atoms with Gasteiger partial charge in [0.05, 0.1) is 12.8 Å². The average Bonchev–Trinajstić information content (AvgIpc) is 2.88. The van der Waals surface area contributed by atoms with Crippen LogP contribution in [0.2, 0.25) is 0 Å². The van der Waals surface area contributed by atoms with Crippen molar-refractivity contribution < 1.29 is 27.1 Å². The molecule has 3 aromatic rings. The molecule has 0 unspecified atom stereocenters. The zero-order valence-corrected chi connectivity index (χ0v) is 20.1. The van der Waals surface area contributed by atoms with Crippen molar-refractivity contribution in [2.24, 2.45) is 0 Å². The molecule has 4 rings (SSSR count). The molecule has 0 bridgehead atoms. The predicted molar refractivity (Wildman–Crippen MR) is 129 cm³/mol. The number of halogens is 4. The Bertz CT molecular complexity index is 1210. The Morgan fingerprint density at radius 2 is 1.84 bits per heavy atom. The summed E-state index contributed by atoms with van der Waals surface area (Å²) in [6.07, 6.45) is -1.30. The first-order chi connectivity index (χ1) is 17.7. The topological polar surface area (TPSA) is 83.5 Å².